The maximum absolute atomic E-state index is 5.82. The zero-order chi connectivity index (χ0) is 21.0. The van der Waals surface area contributed by atoms with Crippen LogP contribution < -0.4 is 15.0 Å². The van der Waals surface area contributed by atoms with Crippen LogP contribution >= 0.6 is 0 Å². The number of benzene rings is 2. The van der Waals surface area contributed by atoms with E-state index < -0.39 is 0 Å². The van der Waals surface area contributed by atoms with Crippen molar-refractivity contribution < 1.29 is 18.7 Å². The van der Waals surface area contributed by atoms with Gasteiger partial charge in [-0.3, -0.25) is 4.84 Å². The Labute approximate surface area is 178 Å². The molecule has 0 saturated heterocycles. The van der Waals surface area contributed by atoms with E-state index in [1.54, 1.807) is 25.3 Å². The van der Waals surface area contributed by atoms with Crippen molar-refractivity contribution in [3.8, 4) is 28.8 Å². The van der Waals surface area contributed by atoms with E-state index in [0.29, 0.717) is 29.1 Å². The first-order valence-corrected chi connectivity index (χ1v) is 9.64. The molecule has 3 heterocycles. The largest absolute Gasteiger partial charge is 0.457 e. The molecule has 1 N–H and O–H groups in total. The van der Waals surface area contributed by atoms with Gasteiger partial charge >= 0.3 is 0 Å². The summed E-state index contributed by atoms with van der Waals surface area (Å²) in [4.78, 5) is 9.91. The summed E-state index contributed by atoms with van der Waals surface area (Å²) in [5.41, 5.74) is 4.34. The van der Waals surface area contributed by atoms with Crippen LogP contribution in [0.4, 0.5) is 0 Å². The fraction of sp³-hybridized carbons (Fsp3) is 0.0870. The lowest BCUT2D eigenvalue weighted by Crippen LogP contribution is -2.12. The topological polar surface area (TPSA) is 91.5 Å². The summed E-state index contributed by atoms with van der Waals surface area (Å²) >= 11 is 0. The molecule has 4 aromatic rings. The van der Waals surface area contributed by atoms with E-state index in [2.05, 4.69) is 20.7 Å². The molecule has 0 radical (unpaired) electrons. The van der Waals surface area contributed by atoms with Crippen LogP contribution in [0.1, 0.15) is 17.6 Å². The van der Waals surface area contributed by atoms with E-state index in [4.69, 9.17) is 18.7 Å². The van der Waals surface area contributed by atoms with Gasteiger partial charge in [-0.1, -0.05) is 30.3 Å². The maximum atomic E-state index is 5.82. The quantitative estimate of drug-likeness (QED) is 0.484. The molecule has 2 aromatic heterocycles. The van der Waals surface area contributed by atoms with E-state index >= 15 is 0 Å². The molecule has 5 rings (SSSR count). The molecule has 2 aromatic carbocycles. The summed E-state index contributed by atoms with van der Waals surface area (Å²) in [6.45, 7) is 1.73. The van der Waals surface area contributed by atoms with Crippen LogP contribution in [0.3, 0.4) is 0 Å². The molecule has 0 spiro atoms. The van der Waals surface area contributed by atoms with E-state index in [1.807, 2.05) is 60.7 Å². The molecular weight excluding hydrogens is 396 g/mol. The van der Waals surface area contributed by atoms with Crippen molar-refractivity contribution in [2.45, 2.75) is 13.0 Å². The molecule has 8 nitrogen and oxygen atoms in total. The van der Waals surface area contributed by atoms with E-state index in [0.717, 1.165) is 17.1 Å². The van der Waals surface area contributed by atoms with Crippen molar-refractivity contribution in [3.05, 3.63) is 96.3 Å². The van der Waals surface area contributed by atoms with Crippen LogP contribution in [-0.4, -0.2) is 15.2 Å². The predicted molar refractivity (Wildman–Crippen MR) is 111 cm³/mol. The van der Waals surface area contributed by atoms with Crippen molar-refractivity contribution in [2.75, 3.05) is 0 Å². The number of hydrogen-bond donors (Lipinski definition) is 1. The molecule has 0 unspecified atom stereocenters. The van der Waals surface area contributed by atoms with E-state index in [1.165, 1.54) is 0 Å². The van der Waals surface area contributed by atoms with Gasteiger partial charge < -0.3 is 13.9 Å². The fourth-order valence-corrected chi connectivity index (χ4v) is 2.99. The Bertz CT molecular complexity index is 1190. The lowest BCUT2D eigenvalue weighted by atomic mass is 10.1. The lowest BCUT2D eigenvalue weighted by molar-refractivity contribution is 0.0273. The van der Waals surface area contributed by atoms with Crippen LogP contribution in [0.15, 0.2) is 89.3 Å². The van der Waals surface area contributed by atoms with Gasteiger partial charge in [-0.15, -0.1) is 10.2 Å². The Morgan fingerprint density at radius 3 is 2.32 bits per heavy atom. The van der Waals surface area contributed by atoms with Gasteiger partial charge in [0.2, 0.25) is 11.8 Å². The number of aryl methyl sites for hydroxylation is 1. The summed E-state index contributed by atoms with van der Waals surface area (Å²) in [5.74, 6) is 3.43. The number of hydroxylamine groups is 1. The highest BCUT2D eigenvalue weighted by Gasteiger charge is 2.20. The molecule has 0 aliphatic carbocycles. The van der Waals surface area contributed by atoms with Crippen LogP contribution in [0, 0.1) is 6.92 Å². The lowest BCUT2D eigenvalue weighted by Gasteiger charge is -2.09. The van der Waals surface area contributed by atoms with Crippen molar-refractivity contribution >= 4 is 0 Å². The zero-order valence-corrected chi connectivity index (χ0v) is 16.6. The minimum Gasteiger partial charge on any atom is -0.457 e. The average Bonchev–Trinajstić information content (AvgIpc) is 3.45. The van der Waals surface area contributed by atoms with Crippen LogP contribution in [-0.2, 0) is 4.84 Å². The van der Waals surface area contributed by atoms with Crippen LogP contribution in [0.25, 0.3) is 11.6 Å². The Hall–Kier alpha value is -4.17. The van der Waals surface area contributed by atoms with Gasteiger partial charge in [0.1, 0.15) is 29.0 Å². The maximum Gasteiger partial charge on any atom is 0.266 e. The molecular formula is C23H18N4O4. The first kappa shape index (κ1) is 18.8. The average molecular weight is 414 g/mol. The first-order chi connectivity index (χ1) is 15.2. The number of hydrogen-bond acceptors (Lipinski definition) is 8. The summed E-state index contributed by atoms with van der Waals surface area (Å²) in [7, 11) is 0. The van der Waals surface area contributed by atoms with E-state index in [-0.39, 0.29) is 6.10 Å². The number of ether oxygens (including phenoxy) is 2. The summed E-state index contributed by atoms with van der Waals surface area (Å²) < 4.78 is 17.0. The van der Waals surface area contributed by atoms with Crippen molar-refractivity contribution in [1.82, 2.24) is 20.7 Å². The third-order valence-corrected chi connectivity index (χ3v) is 4.49. The van der Waals surface area contributed by atoms with Gasteiger partial charge in [0, 0.05) is 13.0 Å². The second kappa shape index (κ2) is 8.29. The minimum atomic E-state index is -0.283. The highest BCUT2D eigenvalue weighted by atomic mass is 16.7. The Morgan fingerprint density at radius 1 is 0.839 bits per heavy atom. The predicted octanol–water partition coefficient (Wildman–Crippen LogP) is 4.73. The van der Waals surface area contributed by atoms with Crippen LogP contribution in [0.2, 0.25) is 0 Å². The highest BCUT2D eigenvalue weighted by Crippen LogP contribution is 2.29. The molecule has 8 heteroatoms. The standard InChI is InChI=1S/C23H18N4O4/c1-15-25-26-23(28-15)20-12-11-19(14-24-20)30-22-13-21(31-27-22)16-7-9-18(10-8-16)29-17-5-3-2-4-6-17/h2-14,21,27H,1H3/t21-/m0/s1. The molecule has 0 bridgehead atoms. The molecule has 154 valence electrons. The second-order valence-electron chi connectivity index (χ2n) is 6.76. The van der Waals surface area contributed by atoms with Gasteiger partial charge in [0.25, 0.3) is 5.89 Å². The first-order valence-electron chi connectivity index (χ1n) is 9.64. The van der Waals surface area contributed by atoms with E-state index in [9.17, 15) is 0 Å². The Kier molecular flexibility index (Phi) is 5.04. The SMILES string of the molecule is Cc1nnc(-c2ccc(OC3=C[C@@H](c4ccc(Oc5ccccc5)cc4)ON3)cn2)o1. The molecule has 0 fully saturated rings. The third kappa shape index (κ3) is 4.39. The molecule has 1 atom stereocenters. The molecule has 1 aliphatic heterocycles. The van der Waals surface area contributed by atoms with Gasteiger partial charge in [0.05, 0.1) is 6.20 Å². The van der Waals surface area contributed by atoms with Gasteiger partial charge in [-0.25, -0.2) is 10.5 Å². The van der Waals surface area contributed by atoms with Gasteiger partial charge in [0.15, 0.2) is 0 Å². The number of pyridine rings is 1. The smallest absolute Gasteiger partial charge is 0.266 e. The van der Waals surface area contributed by atoms with Crippen molar-refractivity contribution in [3.63, 3.8) is 0 Å². The van der Waals surface area contributed by atoms with Crippen molar-refractivity contribution in [1.29, 1.82) is 0 Å². The normalized spacial score (nSPS) is 15.3. The number of nitrogens with one attached hydrogen (secondary N) is 1. The Balaban J connectivity index is 1.22. The van der Waals surface area contributed by atoms with Crippen LogP contribution in [0.5, 0.6) is 17.2 Å². The van der Waals surface area contributed by atoms with Gasteiger partial charge in [-0.05, 0) is 42.0 Å². The third-order valence-electron chi connectivity index (χ3n) is 4.49. The number of para-hydroxylation sites is 1. The number of aromatic nitrogens is 3. The number of rotatable bonds is 6. The highest BCUT2D eigenvalue weighted by molar-refractivity contribution is 5.47. The molecule has 0 amide bonds. The Morgan fingerprint density at radius 2 is 1.61 bits per heavy atom. The van der Waals surface area contributed by atoms with Crippen molar-refractivity contribution in [2.24, 2.45) is 0 Å². The number of nitrogens with zero attached hydrogens (tertiary/aromatic N) is 3. The fourth-order valence-electron chi connectivity index (χ4n) is 2.99. The second-order valence-corrected chi connectivity index (χ2v) is 6.76. The molecule has 0 saturated carbocycles. The monoisotopic (exact) mass is 414 g/mol. The summed E-state index contributed by atoms with van der Waals surface area (Å²) in [5, 5.41) is 7.75. The molecule has 31 heavy (non-hydrogen) atoms. The minimum absolute atomic E-state index is 0.283. The summed E-state index contributed by atoms with van der Waals surface area (Å²) in [6.07, 6.45) is 3.15. The van der Waals surface area contributed by atoms with Gasteiger partial charge in [-0.2, -0.15) is 0 Å². The molecule has 1 aliphatic rings. The summed E-state index contributed by atoms with van der Waals surface area (Å²) in [6, 6.07) is 20.9. The zero-order valence-electron chi connectivity index (χ0n) is 16.6.